The van der Waals surface area contributed by atoms with Crippen molar-refractivity contribution in [1.29, 1.82) is 0 Å². The van der Waals surface area contributed by atoms with Gasteiger partial charge in [0.15, 0.2) is 0 Å². The summed E-state index contributed by atoms with van der Waals surface area (Å²) in [6.07, 6.45) is -3.71. The Morgan fingerprint density at radius 3 is 2.50 bits per heavy atom. The van der Waals surface area contributed by atoms with Crippen LogP contribution < -0.4 is 5.32 Å². The molecule has 1 aromatic carbocycles. The van der Waals surface area contributed by atoms with Crippen molar-refractivity contribution in [2.24, 2.45) is 0 Å². The Morgan fingerprint density at radius 1 is 1.25 bits per heavy atom. The minimum Gasteiger partial charge on any atom is -0.316 e. The van der Waals surface area contributed by atoms with Gasteiger partial charge in [-0.1, -0.05) is 6.07 Å². The van der Waals surface area contributed by atoms with E-state index in [-0.39, 0.29) is 5.92 Å². The van der Waals surface area contributed by atoms with E-state index in [1.807, 2.05) is 0 Å². The first-order valence-electron chi connectivity index (χ1n) is 5.06. The van der Waals surface area contributed by atoms with Gasteiger partial charge in [0.05, 0.1) is 5.56 Å². The first-order chi connectivity index (χ1) is 7.48. The fraction of sp³-hybridized carbons (Fsp3) is 0.455. The molecule has 1 heterocycles. The van der Waals surface area contributed by atoms with E-state index in [1.54, 1.807) is 0 Å². The number of benzene rings is 1. The van der Waals surface area contributed by atoms with Crippen molar-refractivity contribution in [3.8, 4) is 0 Å². The van der Waals surface area contributed by atoms with Crippen LogP contribution in [-0.2, 0) is 6.18 Å². The third-order valence-corrected chi connectivity index (χ3v) is 2.83. The molecule has 0 bridgehead atoms. The van der Waals surface area contributed by atoms with Crippen LogP contribution in [0.5, 0.6) is 0 Å². The lowest BCUT2D eigenvalue weighted by Gasteiger charge is -2.12. The summed E-state index contributed by atoms with van der Waals surface area (Å²) < 4.78 is 50.4. The number of rotatable bonds is 1. The molecular weight excluding hydrogens is 222 g/mol. The third kappa shape index (κ3) is 2.19. The standard InChI is InChI=1S/C11H11F4N/c12-10-5-8(11(13,14)15)1-2-9(10)7-3-4-16-6-7/h1-2,5,7,16H,3-4,6H2. The summed E-state index contributed by atoms with van der Waals surface area (Å²) in [5.74, 6) is -0.772. The fourth-order valence-electron chi connectivity index (χ4n) is 1.95. The van der Waals surface area contributed by atoms with Gasteiger partial charge in [0.1, 0.15) is 5.82 Å². The number of alkyl halides is 3. The molecule has 2 rings (SSSR count). The molecule has 0 amide bonds. The van der Waals surface area contributed by atoms with Crippen molar-refractivity contribution >= 4 is 0 Å². The van der Waals surface area contributed by atoms with Gasteiger partial charge in [0, 0.05) is 12.5 Å². The van der Waals surface area contributed by atoms with Gasteiger partial charge in [0.2, 0.25) is 0 Å². The van der Waals surface area contributed by atoms with E-state index in [1.165, 1.54) is 6.07 Å². The minimum absolute atomic E-state index is 0.0118. The monoisotopic (exact) mass is 233 g/mol. The van der Waals surface area contributed by atoms with Crippen LogP contribution >= 0.6 is 0 Å². The molecule has 5 heteroatoms. The predicted molar refractivity (Wildman–Crippen MR) is 51.6 cm³/mol. The van der Waals surface area contributed by atoms with Crippen LogP contribution in [0.3, 0.4) is 0 Å². The molecule has 0 radical (unpaired) electrons. The number of hydrogen-bond acceptors (Lipinski definition) is 1. The molecule has 1 saturated heterocycles. The molecule has 0 aliphatic carbocycles. The molecule has 16 heavy (non-hydrogen) atoms. The summed E-state index contributed by atoms with van der Waals surface area (Å²) >= 11 is 0. The van der Waals surface area contributed by atoms with Crippen molar-refractivity contribution in [2.75, 3.05) is 13.1 Å². The topological polar surface area (TPSA) is 12.0 Å². The molecule has 1 N–H and O–H groups in total. The van der Waals surface area contributed by atoms with E-state index >= 15 is 0 Å². The number of nitrogens with one attached hydrogen (secondary N) is 1. The Balaban J connectivity index is 2.29. The van der Waals surface area contributed by atoms with Gasteiger partial charge < -0.3 is 5.32 Å². The molecule has 1 atom stereocenters. The van der Waals surface area contributed by atoms with E-state index in [0.717, 1.165) is 19.0 Å². The Labute approximate surface area is 90.5 Å². The molecule has 0 spiro atoms. The van der Waals surface area contributed by atoms with Crippen molar-refractivity contribution in [1.82, 2.24) is 5.32 Å². The molecule has 88 valence electrons. The average molecular weight is 233 g/mol. The summed E-state index contributed by atoms with van der Waals surface area (Å²) in [7, 11) is 0. The molecule has 1 nitrogen and oxygen atoms in total. The minimum atomic E-state index is -4.48. The van der Waals surface area contributed by atoms with Crippen molar-refractivity contribution in [3.63, 3.8) is 0 Å². The Hall–Kier alpha value is -1.10. The fourth-order valence-corrected chi connectivity index (χ4v) is 1.95. The second kappa shape index (κ2) is 4.05. The van der Waals surface area contributed by atoms with Crippen molar-refractivity contribution in [3.05, 3.63) is 35.1 Å². The molecule has 1 unspecified atom stereocenters. The molecule has 0 aromatic heterocycles. The first-order valence-corrected chi connectivity index (χ1v) is 5.06. The van der Waals surface area contributed by atoms with Crippen LogP contribution in [-0.4, -0.2) is 13.1 Å². The maximum Gasteiger partial charge on any atom is 0.416 e. The lowest BCUT2D eigenvalue weighted by atomic mass is 9.96. The van der Waals surface area contributed by atoms with Gasteiger partial charge in [-0.3, -0.25) is 0 Å². The van der Waals surface area contributed by atoms with E-state index in [9.17, 15) is 17.6 Å². The zero-order chi connectivity index (χ0) is 11.8. The summed E-state index contributed by atoms with van der Waals surface area (Å²) in [6.45, 7) is 1.41. The SMILES string of the molecule is Fc1cc(C(F)(F)F)ccc1C1CCNC1. The van der Waals surface area contributed by atoms with E-state index in [4.69, 9.17) is 0 Å². The van der Waals surface area contributed by atoms with Crippen molar-refractivity contribution < 1.29 is 17.6 Å². The first kappa shape index (κ1) is 11.4. The normalized spacial score (nSPS) is 21.4. The Kier molecular flexibility index (Phi) is 2.88. The van der Waals surface area contributed by atoms with E-state index in [2.05, 4.69) is 5.32 Å². The van der Waals surface area contributed by atoms with Crippen LogP contribution in [0.4, 0.5) is 17.6 Å². The largest absolute Gasteiger partial charge is 0.416 e. The highest BCUT2D eigenvalue weighted by Gasteiger charge is 2.32. The van der Waals surface area contributed by atoms with E-state index in [0.29, 0.717) is 18.2 Å². The smallest absolute Gasteiger partial charge is 0.316 e. The molecule has 1 fully saturated rings. The summed E-state index contributed by atoms with van der Waals surface area (Å²) in [5, 5.41) is 3.05. The third-order valence-electron chi connectivity index (χ3n) is 2.83. The zero-order valence-electron chi connectivity index (χ0n) is 8.44. The molecule has 1 aliphatic rings. The zero-order valence-corrected chi connectivity index (χ0v) is 8.44. The van der Waals surface area contributed by atoms with Crippen LogP contribution in [0.15, 0.2) is 18.2 Å². The van der Waals surface area contributed by atoms with Gasteiger partial charge in [-0.2, -0.15) is 13.2 Å². The van der Waals surface area contributed by atoms with Crippen LogP contribution in [0.1, 0.15) is 23.5 Å². The maximum absolute atomic E-state index is 13.5. The quantitative estimate of drug-likeness (QED) is 0.735. The van der Waals surface area contributed by atoms with Crippen LogP contribution in [0, 0.1) is 5.82 Å². The second-order valence-electron chi connectivity index (χ2n) is 3.92. The molecule has 1 aliphatic heterocycles. The maximum atomic E-state index is 13.5. The lowest BCUT2D eigenvalue weighted by Crippen LogP contribution is -2.10. The summed E-state index contributed by atoms with van der Waals surface area (Å²) in [4.78, 5) is 0. The summed E-state index contributed by atoms with van der Waals surface area (Å²) in [6, 6.07) is 2.76. The highest BCUT2D eigenvalue weighted by atomic mass is 19.4. The van der Waals surface area contributed by atoms with Gasteiger partial charge in [-0.15, -0.1) is 0 Å². The molecule has 0 saturated carbocycles. The number of hydrogen-bond donors (Lipinski definition) is 1. The van der Waals surface area contributed by atoms with Crippen LogP contribution in [0.2, 0.25) is 0 Å². The predicted octanol–water partition coefficient (Wildman–Crippen LogP) is 2.92. The summed E-state index contributed by atoms with van der Waals surface area (Å²) in [5.41, 5.74) is -0.558. The highest BCUT2D eigenvalue weighted by Crippen LogP contribution is 2.32. The van der Waals surface area contributed by atoms with Crippen LogP contribution in [0.25, 0.3) is 0 Å². The number of halogens is 4. The molecule has 1 aromatic rings. The Bertz CT molecular complexity index is 380. The van der Waals surface area contributed by atoms with E-state index < -0.39 is 17.6 Å². The van der Waals surface area contributed by atoms with Crippen molar-refractivity contribution in [2.45, 2.75) is 18.5 Å². The Morgan fingerprint density at radius 2 is 2.00 bits per heavy atom. The van der Waals surface area contributed by atoms with Gasteiger partial charge in [0.25, 0.3) is 0 Å². The lowest BCUT2D eigenvalue weighted by molar-refractivity contribution is -0.137. The second-order valence-corrected chi connectivity index (χ2v) is 3.92. The average Bonchev–Trinajstić information content (AvgIpc) is 2.69. The van der Waals surface area contributed by atoms with Gasteiger partial charge in [-0.05, 0) is 30.7 Å². The van der Waals surface area contributed by atoms with Gasteiger partial charge >= 0.3 is 6.18 Å². The molecular formula is C11H11F4N. The highest BCUT2D eigenvalue weighted by molar-refractivity contribution is 5.29. The van der Waals surface area contributed by atoms with Gasteiger partial charge in [-0.25, -0.2) is 4.39 Å².